The minimum absolute atomic E-state index is 0. The van der Waals surface area contributed by atoms with Crippen molar-refractivity contribution in [1.29, 1.82) is 0 Å². The Morgan fingerprint density at radius 1 is 1.32 bits per heavy atom. The lowest BCUT2D eigenvalue weighted by molar-refractivity contribution is 0.260. The molecule has 1 fully saturated rings. The van der Waals surface area contributed by atoms with Gasteiger partial charge in [0.25, 0.3) is 0 Å². The van der Waals surface area contributed by atoms with Crippen molar-refractivity contribution >= 4 is 40.0 Å². The molecule has 2 aromatic heterocycles. The molecule has 156 valence electrons. The lowest BCUT2D eigenvalue weighted by Crippen LogP contribution is -2.54. The van der Waals surface area contributed by atoms with Gasteiger partial charge in [-0.3, -0.25) is 9.67 Å². The van der Waals surface area contributed by atoms with E-state index in [1.54, 1.807) is 17.8 Å². The topological polar surface area (TPSA) is 109 Å². The van der Waals surface area contributed by atoms with E-state index >= 15 is 0 Å². The second-order valence-electron chi connectivity index (χ2n) is 6.38. The maximum atomic E-state index is 12.5. The number of halogens is 1. The number of aryl methyl sites for hydroxylation is 1. The molecule has 28 heavy (non-hydrogen) atoms. The molecule has 0 aromatic carbocycles. The summed E-state index contributed by atoms with van der Waals surface area (Å²) in [5.74, 6) is 0.647. The van der Waals surface area contributed by atoms with E-state index in [0.29, 0.717) is 31.9 Å². The monoisotopic (exact) mass is 523 g/mol. The molecule has 0 saturated carbocycles. The Balaban J connectivity index is 0.00000280. The second kappa shape index (κ2) is 10.2. The Kier molecular flexibility index (Phi) is 8.24. The van der Waals surface area contributed by atoms with Crippen molar-refractivity contribution < 1.29 is 12.9 Å². The third-order valence-corrected chi connectivity index (χ3v) is 6.23. The first-order valence-corrected chi connectivity index (χ1v) is 10.4. The Morgan fingerprint density at radius 2 is 2.07 bits per heavy atom. The van der Waals surface area contributed by atoms with Crippen LogP contribution in [-0.4, -0.2) is 78.3 Å². The molecule has 1 aliphatic heterocycles. The minimum atomic E-state index is -3.40. The molecule has 0 radical (unpaired) electrons. The van der Waals surface area contributed by atoms with Crippen LogP contribution in [0.25, 0.3) is 0 Å². The van der Waals surface area contributed by atoms with Crippen LogP contribution in [0.4, 0.5) is 0 Å². The van der Waals surface area contributed by atoms with Gasteiger partial charge in [0.05, 0.1) is 11.9 Å². The van der Waals surface area contributed by atoms with Crippen LogP contribution in [0.5, 0.6) is 0 Å². The first-order valence-electron chi connectivity index (χ1n) is 8.78. The number of hydrogen-bond donors (Lipinski definition) is 1. The summed E-state index contributed by atoms with van der Waals surface area (Å²) in [4.78, 5) is 6.39. The van der Waals surface area contributed by atoms with Crippen LogP contribution in [-0.2, 0) is 29.2 Å². The van der Waals surface area contributed by atoms with Crippen molar-refractivity contribution in [1.82, 2.24) is 29.5 Å². The Morgan fingerprint density at radius 3 is 2.64 bits per heavy atom. The van der Waals surface area contributed by atoms with Gasteiger partial charge in [-0.2, -0.15) is 9.40 Å². The number of aliphatic imine (C=N–C) groups is 1. The smallest absolute Gasteiger partial charge is 0.220 e. The third-order valence-electron chi connectivity index (χ3n) is 4.42. The standard InChI is InChI=1S/C16H25N7O3S.HI/c1-17-16(18-5-3-14-11-19-21(2)12-14)22-6-8-23(9-7-22)27(24,25)13-15-4-10-26-20-15;/h4,10-12H,3,5-9,13H2,1-2H3,(H,17,18);1H. The fraction of sp³-hybridized carbons (Fsp3) is 0.562. The number of sulfonamides is 1. The minimum Gasteiger partial charge on any atom is -0.364 e. The first-order chi connectivity index (χ1) is 13.0. The number of aromatic nitrogens is 3. The summed E-state index contributed by atoms with van der Waals surface area (Å²) in [5, 5.41) is 11.2. The van der Waals surface area contributed by atoms with E-state index in [2.05, 4.69) is 25.5 Å². The number of piperazine rings is 1. The molecule has 0 aliphatic carbocycles. The van der Waals surface area contributed by atoms with Crippen molar-refractivity contribution in [3.05, 3.63) is 36.0 Å². The van der Waals surface area contributed by atoms with Gasteiger partial charge in [0.2, 0.25) is 10.0 Å². The molecular formula is C16H26IN7O3S. The van der Waals surface area contributed by atoms with E-state index in [0.717, 1.165) is 24.5 Å². The summed E-state index contributed by atoms with van der Waals surface area (Å²) in [7, 11) is 0.233. The number of nitrogens with one attached hydrogen (secondary N) is 1. The average molecular weight is 523 g/mol. The number of hydrogen-bond acceptors (Lipinski definition) is 6. The molecule has 10 nitrogen and oxygen atoms in total. The van der Waals surface area contributed by atoms with Crippen molar-refractivity contribution in [2.24, 2.45) is 12.0 Å². The summed E-state index contributed by atoms with van der Waals surface area (Å²) in [6.45, 7) is 2.76. The van der Waals surface area contributed by atoms with E-state index in [4.69, 9.17) is 4.52 Å². The Bertz CT molecular complexity index is 859. The van der Waals surface area contributed by atoms with Crippen molar-refractivity contribution in [2.45, 2.75) is 12.2 Å². The highest BCUT2D eigenvalue weighted by atomic mass is 127. The normalized spacial score (nSPS) is 16.1. The second-order valence-corrected chi connectivity index (χ2v) is 8.35. The van der Waals surface area contributed by atoms with Crippen molar-refractivity contribution in [3.63, 3.8) is 0 Å². The predicted octanol–water partition coefficient (Wildman–Crippen LogP) is 0.292. The maximum Gasteiger partial charge on any atom is 0.220 e. The van der Waals surface area contributed by atoms with E-state index < -0.39 is 10.0 Å². The number of guanidine groups is 1. The van der Waals surface area contributed by atoms with Crippen LogP contribution in [0.15, 0.2) is 34.2 Å². The molecule has 3 rings (SSSR count). The van der Waals surface area contributed by atoms with E-state index in [9.17, 15) is 8.42 Å². The van der Waals surface area contributed by atoms with E-state index in [-0.39, 0.29) is 29.7 Å². The van der Waals surface area contributed by atoms with E-state index in [1.807, 2.05) is 19.4 Å². The fourth-order valence-corrected chi connectivity index (χ4v) is 4.45. The number of rotatable bonds is 6. The molecule has 1 N–H and O–H groups in total. The SMILES string of the molecule is CN=C(NCCc1cnn(C)c1)N1CCN(S(=O)(=O)Cc2ccon2)CC1.I. The first kappa shape index (κ1) is 22.6. The van der Waals surface area contributed by atoms with Gasteiger partial charge in [-0.15, -0.1) is 24.0 Å². The molecule has 2 aromatic rings. The van der Waals surface area contributed by atoms with E-state index in [1.165, 1.54) is 10.6 Å². The maximum absolute atomic E-state index is 12.5. The van der Waals surface area contributed by atoms with Crippen LogP contribution in [0.1, 0.15) is 11.3 Å². The van der Waals surface area contributed by atoms with Crippen LogP contribution in [0, 0.1) is 0 Å². The summed E-state index contributed by atoms with van der Waals surface area (Å²) in [5.41, 5.74) is 1.58. The van der Waals surface area contributed by atoms with Gasteiger partial charge in [0, 0.05) is 59.1 Å². The lowest BCUT2D eigenvalue weighted by atomic mass is 10.2. The summed E-state index contributed by atoms with van der Waals surface area (Å²) in [6.07, 6.45) is 6.06. The van der Waals surface area contributed by atoms with Crippen LogP contribution in [0.3, 0.4) is 0 Å². The third kappa shape index (κ3) is 5.91. The summed E-state index contributed by atoms with van der Waals surface area (Å²) >= 11 is 0. The van der Waals surface area contributed by atoms with Gasteiger partial charge in [-0.25, -0.2) is 8.42 Å². The van der Waals surface area contributed by atoms with Crippen LogP contribution in [0.2, 0.25) is 0 Å². The quantitative estimate of drug-likeness (QED) is 0.330. The highest BCUT2D eigenvalue weighted by Crippen LogP contribution is 2.12. The zero-order chi connectivity index (χ0) is 19.3. The average Bonchev–Trinajstić information content (AvgIpc) is 3.30. The molecule has 0 atom stereocenters. The fourth-order valence-electron chi connectivity index (χ4n) is 3.02. The molecule has 1 saturated heterocycles. The zero-order valence-corrected chi connectivity index (χ0v) is 19.1. The zero-order valence-electron chi connectivity index (χ0n) is 16.0. The van der Waals surface area contributed by atoms with Gasteiger partial charge in [-0.05, 0) is 12.0 Å². The van der Waals surface area contributed by atoms with Gasteiger partial charge in [0.15, 0.2) is 5.96 Å². The Hall–Kier alpha value is -1.67. The Labute approximate surface area is 182 Å². The summed E-state index contributed by atoms with van der Waals surface area (Å²) in [6, 6.07) is 1.57. The van der Waals surface area contributed by atoms with Crippen LogP contribution >= 0.6 is 24.0 Å². The molecule has 1 aliphatic rings. The highest BCUT2D eigenvalue weighted by molar-refractivity contribution is 14.0. The molecule has 0 spiro atoms. The lowest BCUT2D eigenvalue weighted by Gasteiger charge is -2.35. The molecule has 0 amide bonds. The van der Waals surface area contributed by atoms with Crippen LogP contribution < -0.4 is 5.32 Å². The van der Waals surface area contributed by atoms with Crippen molar-refractivity contribution in [3.8, 4) is 0 Å². The summed E-state index contributed by atoms with van der Waals surface area (Å²) < 4.78 is 33.0. The number of nitrogens with zero attached hydrogens (tertiary/aromatic N) is 6. The molecular weight excluding hydrogens is 497 g/mol. The molecule has 12 heteroatoms. The van der Waals surface area contributed by atoms with Gasteiger partial charge in [-0.1, -0.05) is 5.16 Å². The molecule has 0 bridgehead atoms. The largest absolute Gasteiger partial charge is 0.364 e. The highest BCUT2D eigenvalue weighted by Gasteiger charge is 2.28. The molecule has 0 unspecified atom stereocenters. The van der Waals surface area contributed by atoms with Gasteiger partial charge >= 0.3 is 0 Å². The van der Waals surface area contributed by atoms with Gasteiger partial charge < -0.3 is 14.7 Å². The van der Waals surface area contributed by atoms with Gasteiger partial charge in [0.1, 0.15) is 12.0 Å². The molecule has 3 heterocycles. The van der Waals surface area contributed by atoms with Crippen molar-refractivity contribution in [2.75, 3.05) is 39.8 Å². The predicted molar refractivity (Wildman–Crippen MR) is 116 cm³/mol.